The van der Waals surface area contributed by atoms with Crippen molar-refractivity contribution >= 4 is 11.8 Å². The molecule has 1 fully saturated rings. The quantitative estimate of drug-likeness (QED) is 0.248. The first-order valence-corrected chi connectivity index (χ1v) is 12.2. The molecule has 1 heterocycles. The second kappa shape index (κ2) is 9.59. The average Bonchev–Trinajstić information content (AvgIpc) is 3.64. The van der Waals surface area contributed by atoms with Crippen LogP contribution in [0.1, 0.15) is 52.0 Å². The standard InChI is InChI=1S/C30H24F3NO4/c1-18-26(25(35)14-5-19-3-2-4-24(17-19)30(31,32)33)27(38-34-18)22-8-6-20(7-9-22)21-10-12-23(13-11-21)29(15-16-29)28(36)37/h2-4,6-13,17H,5,14-16H2,1H3,(H,36,37). The van der Waals surface area contributed by atoms with Gasteiger partial charge in [-0.3, -0.25) is 9.59 Å². The molecule has 0 unspecified atom stereocenters. The summed E-state index contributed by atoms with van der Waals surface area (Å²) in [5, 5.41) is 13.5. The summed E-state index contributed by atoms with van der Waals surface area (Å²) >= 11 is 0. The molecule has 1 aliphatic rings. The van der Waals surface area contributed by atoms with Crippen molar-refractivity contribution in [2.45, 2.75) is 44.2 Å². The van der Waals surface area contributed by atoms with Gasteiger partial charge in [-0.1, -0.05) is 71.9 Å². The molecule has 38 heavy (non-hydrogen) atoms. The second-order valence-corrected chi connectivity index (χ2v) is 9.64. The first kappa shape index (κ1) is 25.4. The number of carboxylic acids is 1. The number of carbonyl (C=O) groups is 2. The molecule has 1 saturated carbocycles. The molecule has 0 bridgehead atoms. The van der Waals surface area contributed by atoms with Crippen molar-refractivity contribution in [3.63, 3.8) is 0 Å². The number of carbonyl (C=O) groups excluding carboxylic acids is 1. The summed E-state index contributed by atoms with van der Waals surface area (Å²) in [6.45, 7) is 1.66. The number of halogens is 3. The van der Waals surface area contributed by atoms with Gasteiger partial charge in [-0.15, -0.1) is 0 Å². The largest absolute Gasteiger partial charge is 0.481 e. The molecule has 1 aromatic heterocycles. The molecular weight excluding hydrogens is 495 g/mol. The minimum absolute atomic E-state index is 0.0125. The van der Waals surface area contributed by atoms with E-state index in [0.29, 0.717) is 41.0 Å². The van der Waals surface area contributed by atoms with Gasteiger partial charge in [-0.05, 0) is 54.5 Å². The fraction of sp³-hybridized carbons (Fsp3) is 0.233. The van der Waals surface area contributed by atoms with Crippen LogP contribution in [0.2, 0.25) is 0 Å². The Hall–Kier alpha value is -4.20. The summed E-state index contributed by atoms with van der Waals surface area (Å²) in [7, 11) is 0. The molecule has 0 saturated heterocycles. The zero-order valence-electron chi connectivity index (χ0n) is 20.5. The number of Topliss-reactive ketones (excluding diaryl/α,β-unsaturated/α-hetero) is 1. The van der Waals surface area contributed by atoms with Crippen molar-refractivity contribution in [3.8, 4) is 22.5 Å². The monoisotopic (exact) mass is 519 g/mol. The summed E-state index contributed by atoms with van der Waals surface area (Å²) in [5.41, 5.74) is 2.95. The van der Waals surface area contributed by atoms with Crippen LogP contribution in [0.25, 0.3) is 22.5 Å². The lowest BCUT2D eigenvalue weighted by molar-refractivity contribution is -0.140. The van der Waals surface area contributed by atoms with Crippen LogP contribution in [0.4, 0.5) is 13.2 Å². The van der Waals surface area contributed by atoms with Crippen LogP contribution < -0.4 is 0 Å². The van der Waals surface area contributed by atoms with Crippen LogP contribution >= 0.6 is 0 Å². The Morgan fingerprint density at radius 3 is 2.13 bits per heavy atom. The highest BCUT2D eigenvalue weighted by Gasteiger charge is 2.51. The van der Waals surface area contributed by atoms with Gasteiger partial charge in [0.05, 0.1) is 22.2 Å². The summed E-state index contributed by atoms with van der Waals surface area (Å²) < 4.78 is 44.5. The van der Waals surface area contributed by atoms with Crippen molar-refractivity contribution in [1.29, 1.82) is 0 Å². The first-order chi connectivity index (χ1) is 18.1. The van der Waals surface area contributed by atoms with E-state index in [1.165, 1.54) is 6.07 Å². The molecule has 8 heteroatoms. The lowest BCUT2D eigenvalue weighted by Crippen LogP contribution is -2.19. The molecule has 5 nitrogen and oxygen atoms in total. The van der Waals surface area contributed by atoms with Crippen molar-refractivity contribution in [2.75, 3.05) is 0 Å². The minimum atomic E-state index is -4.44. The highest BCUT2D eigenvalue weighted by atomic mass is 19.4. The van der Waals surface area contributed by atoms with Crippen LogP contribution in [0.15, 0.2) is 77.3 Å². The van der Waals surface area contributed by atoms with Gasteiger partial charge in [-0.25, -0.2) is 0 Å². The molecule has 1 aliphatic carbocycles. The van der Waals surface area contributed by atoms with E-state index < -0.39 is 23.1 Å². The Labute approximate surface area is 216 Å². The van der Waals surface area contributed by atoms with Crippen LogP contribution in [0.3, 0.4) is 0 Å². The summed E-state index contributed by atoms with van der Waals surface area (Å²) in [5.74, 6) is -0.740. The zero-order valence-corrected chi connectivity index (χ0v) is 20.5. The predicted molar refractivity (Wildman–Crippen MR) is 135 cm³/mol. The highest BCUT2D eigenvalue weighted by Crippen LogP contribution is 2.48. The maximum absolute atomic E-state index is 13.1. The van der Waals surface area contributed by atoms with Gasteiger partial charge in [0.2, 0.25) is 0 Å². The number of rotatable bonds is 8. The molecule has 0 spiro atoms. The van der Waals surface area contributed by atoms with Gasteiger partial charge in [0, 0.05) is 12.0 Å². The zero-order chi connectivity index (χ0) is 27.1. The fourth-order valence-corrected chi connectivity index (χ4v) is 4.73. The van der Waals surface area contributed by atoms with Crippen LogP contribution in [-0.2, 0) is 22.8 Å². The number of aryl methyl sites for hydroxylation is 2. The topological polar surface area (TPSA) is 80.4 Å². The maximum atomic E-state index is 13.1. The molecule has 1 N–H and O–H groups in total. The number of carboxylic acid groups (broad SMARTS) is 1. The van der Waals surface area contributed by atoms with E-state index >= 15 is 0 Å². The Kier molecular flexibility index (Phi) is 6.42. The minimum Gasteiger partial charge on any atom is -0.481 e. The Balaban J connectivity index is 1.32. The van der Waals surface area contributed by atoms with Crippen molar-refractivity contribution in [2.24, 2.45) is 0 Å². The normalized spacial score (nSPS) is 14.3. The summed E-state index contributed by atoms with van der Waals surface area (Å²) in [4.78, 5) is 24.6. The second-order valence-electron chi connectivity index (χ2n) is 9.64. The predicted octanol–water partition coefficient (Wildman–Crippen LogP) is 7.27. The Morgan fingerprint density at radius 1 is 0.947 bits per heavy atom. The number of aromatic nitrogens is 1. The molecule has 5 rings (SSSR count). The molecule has 3 aromatic carbocycles. The van der Waals surface area contributed by atoms with E-state index in [9.17, 15) is 27.9 Å². The van der Waals surface area contributed by atoms with Crippen molar-refractivity contribution in [1.82, 2.24) is 5.16 Å². The van der Waals surface area contributed by atoms with Gasteiger partial charge < -0.3 is 9.63 Å². The van der Waals surface area contributed by atoms with Gasteiger partial charge in [0.25, 0.3) is 0 Å². The highest BCUT2D eigenvalue weighted by molar-refractivity contribution is 6.02. The smallest absolute Gasteiger partial charge is 0.416 e. The third-order valence-electron chi connectivity index (χ3n) is 7.11. The molecule has 194 valence electrons. The number of benzene rings is 3. The third-order valence-corrected chi connectivity index (χ3v) is 7.11. The van der Waals surface area contributed by atoms with Gasteiger partial charge in [-0.2, -0.15) is 13.2 Å². The molecule has 0 radical (unpaired) electrons. The van der Waals surface area contributed by atoms with Gasteiger partial charge in [0.15, 0.2) is 11.5 Å². The van der Waals surface area contributed by atoms with Crippen LogP contribution in [-0.4, -0.2) is 22.0 Å². The number of hydrogen-bond acceptors (Lipinski definition) is 4. The molecule has 0 atom stereocenters. The van der Waals surface area contributed by atoms with Crippen molar-refractivity contribution < 1.29 is 32.4 Å². The summed E-state index contributed by atoms with van der Waals surface area (Å²) in [6.07, 6.45) is -2.98. The number of nitrogens with zero attached hydrogens (tertiary/aromatic N) is 1. The number of aliphatic carboxylic acids is 1. The number of ketones is 1. The van der Waals surface area contributed by atoms with Gasteiger partial charge >= 0.3 is 12.1 Å². The molecule has 0 amide bonds. The fourth-order valence-electron chi connectivity index (χ4n) is 4.73. The molecule has 0 aliphatic heterocycles. The number of hydrogen-bond donors (Lipinski definition) is 1. The van der Waals surface area contributed by atoms with E-state index in [1.54, 1.807) is 13.0 Å². The van der Waals surface area contributed by atoms with E-state index in [4.69, 9.17) is 4.52 Å². The molecule has 4 aromatic rings. The number of alkyl halides is 3. The third kappa shape index (κ3) is 4.86. The lowest BCUT2D eigenvalue weighted by atomic mass is 9.93. The Morgan fingerprint density at radius 2 is 1.55 bits per heavy atom. The SMILES string of the molecule is Cc1noc(-c2ccc(-c3ccc(C4(C(=O)O)CC4)cc3)cc2)c1C(=O)CCc1cccc(C(F)(F)F)c1. The maximum Gasteiger partial charge on any atom is 0.416 e. The van der Waals surface area contributed by atoms with Gasteiger partial charge in [0.1, 0.15) is 0 Å². The van der Waals surface area contributed by atoms with Crippen LogP contribution in [0.5, 0.6) is 0 Å². The average molecular weight is 520 g/mol. The lowest BCUT2D eigenvalue weighted by Gasteiger charge is -2.11. The molecular formula is C30H24F3NO4. The van der Waals surface area contributed by atoms with E-state index in [1.807, 2.05) is 48.5 Å². The van der Waals surface area contributed by atoms with Crippen LogP contribution in [0, 0.1) is 6.92 Å². The van der Waals surface area contributed by atoms with Crippen molar-refractivity contribution in [3.05, 3.63) is 101 Å². The van der Waals surface area contributed by atoms with E-state index in [-0.39, 0.29) is 18.6 Å². The van der Waals surface area contributed by atoms with E-state index in [0.717, 1.165) is 28.8 Å². The Bertz CT molecular complexity index is 1500. The first-order valence-electron chi connectivity index (χ1n) is 12.2. The van der Waals surface area contributed by atoms with E-state index in [2.05, 4.69) is 5.16 Å². The summed E-state index contributed by atoms with van der Waals surface area (Å²) in [6, 6.07) is 19.9.